The summed E-state index contributed by atoms with van der Waals surface area (Å²) < 4.78 is 0. The predicted molar refractivity (Wildman–Crippen MR) is 62.8 cm³/mol. The van der Waals surface area contributed by atoms with Crippen molar-refractivity contribution in [2.45, 2.75) is 20.3 Å². The molecule has 1 amide bonds. The van der Waals surface area contributed by atoms with Crippen molar-refractivity contribution in [3.8, 4) is 5.75 Å². The Hall–Kier alpha value is -2.11. The zero-order valence-corrected chi connectivity index (χ0v) is 9.64. The zero-order valence-electron chi connectivity index (χ0n) is 9.64. The van der Waals surface area contributed by atoms with E-state index in [1.807, 2.05) is 13.8 Å². The first-order valence-electron chi connectivity index (χ1n) is 5.18. The second kappa shape index (κ2) is 5.29. The van der Waals surface area contributed by atoms with Crippen LogP contribution < -0.4 is 5.32 Å². The summed E-state index contributed by atoms with van der Waals surface area (Å²) in [6, 6.07) is 3.87. The first-order valence-corrected chi connectivity index (χ1v) is 5.18. The van der Waals surface area contributed by atoms with Crippen molar-refractivity contribution in [2.75, 3.05) is 5.32 Å². The smallest absolute Gasteiger partial charge is 0.296 e. The largest absolute Gasteiger partial charge is 0.505 e. The van der Waals surface area contributed by atoms with Crippen LogP contribution in [0.5, 0.6) is 5.75 Å². The molecule has 92 valence electrons. The number of para-hydroxylation sites is 1. The summed E-state index contributed by atoms with van der Waals surface area (Å²) in [5, 5.41) is 22.6. The van der Waals surface area contributed by atoms with Crippen molar-refractivity contribution in [1.29, 1.82) is 0 Å². The molecule has 0 radical (unpaired) electrons. The van der Waals surface area contributed by atoms with Crippen LogP contribution in [-0.4, -0.2) is 15.9 Å². The molecule has 0 saturated heterocycles. The van der Waals surface area contributed by atoms with Crippen molar-refractivity contribution < 1.29 is 14.8 Å². The summed E-state index contributed by atoms with van der Waals surface area (Å²) in [4.78, 5) is 21.6. The van der Waals surface area contributed by atoms with E-state index in [1.165, 1.54) is 18.2 Å². The van der Waals surface area contributed by atoms with E-state index in [4.69, 9.17) is 0 Å². The van der Waals surface area contributed by atoms with Crippen LogP contribution in [-0.2, 0) is 4.79 Å². The van der Waals surface area contributed by atoms with Gasteiger partial charge in [0.1, 0.15) is 5.75 Å². The van der Waals surface area contributed by atoms with Gasteiger partial charge in [0.2, 0.25) is 5.91 Å². The first-order chi connectivity index (χ1) is 7.91. The fraction of sp³-hybridized carbons (Fsp3) is 0.364. The molecule has 0 fully saturated rings. The summed E-state index contributed by atoms with van der Waals surface area (Å²) in [6.07, 6.45) is 0.242. The van der Waals surface area contributed by atoms with Gasteiger partial charge >= 0.3 is 0 Å². The number of hydrogen-bond acceptors (Lipinski definition) is 4. The van der Waals surface area contributed by atoms with Gasteiger partial charge in [-0.3, -0.25) is 14.9 Å². The molecule has 6 heteroatoms. The van der Waals surface area contributed by atoms with Crippen molar-refractivity contribution >= 4 is 17.3 Å². The first kappa shape index (κ1) is 13.0. The molecule has 0 spiro atoms. The van der Waals surface area contributed by atoms with Gasteiger partial charge in [-0.2, -0.15) is 0 Å². The van der Waals surface area contributed by atoms with Gasteiger partial charge in [-0.05, 0) is 12.0 Å². The number of nitro groups is 1. The van der Waals surface area contributed by atoms with E-state index in [2.05, 4.69) is 5.32 Å². The number of rotatable bonds is 4. The van der Waals surface area contributed by atoms with E-state index in [-0.39, 0.29) is 35.4 Å². The summed E-state index contributed by atoms with van der Waals surface area (Å²) >= 11 is 0. The highest BCUT2D eigenvalue weighted by atomic mass is 16.6. The molecule has 0 atom stereocenters. The number of nitro benzene ring substituents is 1. The Morgan fingerprint density at radius 3 is 2.71 bits per heavy atom. The standard InChI is InChI=1S/C11H14N2O4/c1-7(2)6-10(15)12-11-8(13(16)17)4-3-5-9(11)14/h3-5,7,14H,6H2,1-2H3,(H,12,15). The number of nitrogens with one attached hydrogen (secondary N) is 1. The summed E-state index contributed by atoms with van der Waals surface area (Å²) in [7, 11) is 0. The molecule has 17 heavy (non-hydrogen) atoms. The highest BCUT2D eigenvalue weighted by Crippen LogP contribution is 2.33. The van der Waals surface area contributed by atoms with Gasteiger partial charge in [0, 0.05) is 12.5 Å². The molecule has 1 aromatic carbocycles. The van der Waals surface area contributed by atoms with Crippen LogP contribution in [0, 0.1) is 16.0 Å². The third-order valence-corrected chi connectivity index (χ3v) is 2.08. The van der Waals surface area contributed by atoms with Crippen LogP contribution in [0.25, 0.3) is 0 Å². The van der Waals surface area contributed by atoms with Crippen molar-refractivity contribution in [1.82, 2.24) is 0 Å². The molecule has 0 unspecified atom stereocenters. The topological polar surface area (TPSA) is 92.5 Å². The van der Waals surface area contributed by atoms with Gasteiger partial charge < -0.3 is 10.4 Å². The Balaban J connectivity index is 2.97. The van der Waals surface area contributed by atoms with Gasteiger partial charge in [0.25, 0.3) is 5.69 Å². The minimum atomic E-state index is -0.648. The highest BCUT2D eigenvalue weighted by Gasteiger charge is 2.19. The van der Waals surface area contributed by atoms with Crippen LogP contribution in [0.1, 0.15) is 20.3 Å². The molecule has 2 N–H and O–H groups in total. The summed E-state index contributed by atoms with van der Waals surface area (Å²) in [5.41, 5.74) is -0.467. The molecule has 0 aliphatic heterocycles. The third kappa shape index (κ3) is 3.44. The minimum absolute atomic E-state index is 0.139. The second-order valence-electron chi connectivity index (χ2n) is 4.07. The lowest BCUT2D eigenvalue weighted by atomic mass is 10.1. The Bertz CT molecular complexity index is 443. The average Bonchev–Trinajstić information content (AvgIpc) is 2.19. The van der Waals surface area contributed by atoms with E-state index in [0.29, 0.717) is 0 Å². The number of amides is 1. The monoisotopic (exact) mass is 238 g/mol. The fourth-order valence-electron chi connectivity index (χ4n) is 1.37. The maximum atomic E-state index is 11.5. The van der Waals surface area contributed by atoms with Crippen LogP contribution in [0.15, 0.2) is 18.2 Å². The van der Waals surface area contributed by atoms with E-state index in [1.54, 1.807) is 0 Å². The predicted octanol–water partition coefficient (Wildman–Crippen LogP) is 2.29. The van der Waals surface area contributed by atoms with Gasteiger partial charge in [-0.15, -0.1) is 0 Å². The SMILES string of the molecule is CC(C)CC(=O)Nc1c(O)cccc1[N+](=O)[O-]. The summed E-state index contributed by atoms with van der Waals surface area (Å²) in [5.74, 6) is -0.527. The number of nitrogens with zero attached hydrogens (tertiary/aromatic N) is 1. The second-order valence-corrected chi connectivity index (χ2v) is 4.07. The van der Waals surface area contributed by atoms with Crippen molar-refractivity contribution in [3.63, 3.8) is 0 Å². The number of carbonyl (C=O) groups excluding carboxylic acids is 1. The lowest BCUT2D eigenvalue weighted by molar-refractivity contribution is -0.384. The Labute approximate surface area is 98.4 Å². The number of benzene rings is 1. The Kier molecular flexibility index (Phi) is 4.03. The highest BCUT2D eigenvalue weighted by molar-refractivity contribution is 5.95. The van der Waals surface area contributed by atoms with Gasteiger partial charge in [-0.1, -0.05) is 19.9 Å². The molecule has 6 nitrogen and oxygen atoms in total. The van der Waals surface area contributed by atoms with Crippen molar-refractivity contribution in [3.05, 3.63) is 28.3 Å². The van der Waals surface area contributed by atoms with E-state index < -0.39 is 4.92 Å². The Morgan fingerprint density at radius 2 is 2.18 bits per heavy atom. The van der Waals surface area contributed by atoms with Crippen LogP contribution in [0.3, 0.4) is 0 Å². The van der Waals surface area contributed by atoms with Crippen LogP contribution >= 0.6 is 0 Å². The molecule has 0 aromatic heterocycles. The molecule has 0 bridgehead atoms. The maximum Gasteiger partial charge on any atom is 0.296 e. The van der Waals surface area contributed by atoms with Crippen molar-refractivity contribution in [2.24, 2.45) is 5.92 Å². The molecular formula is C11H14N2O4. The van der Waals surface area contributed by atoms with Gasteiger partial charge in [-0.25, -0.2) is 0 Å². The molecule has 0 aliphatic rings. The average molecular weight is 238 g/mol. The van der Waals surface area contributed by atoms with Crippen LogP contribution in [0.4, 0.5) is 11.4 Å². The van der Waals surface area contributed by atoms with E-state index in [9.17, 15) is 20.0 Å². The lowest BCUT2D eigenvalue weighted by Crippen LogP contribution is -2.15. The number of phenolic OH excluding ortho intramolecular Hbond substituents is 1. The zero-order chi connectivity index (χ0) is 13.0. The quantitative estimate of drug-likeness (QED) is 0.478. The third-order valence-electron chi connectivity index (χ3n) is 2.08. The molecular weight excluding hydrogens is 224 g/mol. The molecule has 1 aromatic rings. The number of carbonyl (C=O) groups is 1. The van der Waals surface area contributed by atoms with Gasteiger partial charge in [0.15, 0.2) is 5.69 Å². The molecule has 0 heterocycles. The number of phenols is 1. The van der Waals surface area contributed by atoms with E-state index >= 15 is 0 Å². The molecule has 0 saturated carbocycles. The Morgan fingerprint density at radius 1 is 1.53 bits per heavy atom. The normalized spacial score (nSPS) is 10.3. The lowest BCUT2D eigenvalue weighted by Gasteiger charge is -2.08. The number of anilines is 1. The molecule has 0 aliphatic carbocycles. The van der Waals surface area contributed by atoms with Crippen LogP contribution in [0.2, 0.25) is 0 Å². The minimum Gasteiger partial charge on any atom is -0.505 e. The fourth-order valence-corrected chi connectivity index (χ4v) is 1.37. The number of aromatic hydroxyl groups is 1. The van der Waals surface area contributed by atoms with Gasteiger partial charge in [0.05, 0.1) is 4.92 Å². The summed E-state index contributed by atoms with van der Waals surface area (Å²) in [6.45, 7) is 3.72. The molecule has 1 rings (SSSR count). The maximum absolute atomic E-state index is 11.5. The number of hydrogen-bond donors (Lipinski definition) is 2. The van der Waals surface area contributed by atoms with E-state index in [0.717, 1.165) is 0 Å².